The molecule has 21 heavy (non-hydrogen) atoms. The van der Waals surface area contributed by atoms with Crippen LogP contribution in [0.25, 0.3) is 0 Å². The second-order valence-corrected chi connectivity index (χ2v) is 8.61. The summed E-state index contributed by atoms with van der Waals surface area (Å²) in [5.74, 6) is 0. The predicted octanol–water partition coefficient (Wildman–Crippen LogP) is 2.75. The van der Waals surface area contributed by atoms with Gasteiger partial charge in [-0.3, -0.25) is 0 Å². The lowest BCUT2D eigenvalue weighted by atomic mass is 10.2. The lowest BCUT2D eigenvalue weighted by molar-refractivity contribution is 0.583. The van der Waals surface area contributed by atoms with E-state index in [0.717, 1.165) is 27.9 Å². The van der Waals surface area contributed by atoms with E-state index in [2.05, 4.69) is 26.0 Å². The van der Waals surface area contributed by atoms with Crippen LogP contribution in [0.3, 0.4) is 0 Å². The van der Waals surface area contributed by atoms with E-state index >= 15 is 0 Å². The van der Waals surface area contributed by atoms with Crippen molar-refractivity contribution in [2.75, 3.05) is 13.6 Å². The summed E-state index contributed by atoms with van der Waals surface area (Å²) in [6.07, 6.45) is 0.836. The summed E-state index contributed by atoms with van der Waals surface area (Å²) in [7, 11) is -1.56. The third-order valence-electron chi connectivity index (χ3n) is 2.88. The van der Waals surface area contributed by atoms with Crippen LogP contribution in [0, 0.1) is 0 Å². The number of hydrogen-bond donors (Lipinski definition) is 2. The fraction of sp³-hybridized carbons (Fsp3) is 0.286. The normalized spacial score (nSPS) is 11.7. The van der Waals surface area contributed by atoms with Crippen molar-refractivity contribution in [2.24, 2.45) is 0 Å². The molecule has 0 aliphatic rings. The highest BCUT2D eigenvalue weighted by Gasteiger charge is 2.16. The minimum absolute atomic E-state index is 0.283. The summed E-state index contributed by atoms with van der Waals surface area (Å²) < 4.78 is 28.4. The number of hydrogen-bond acceptors (Lipinski definition) is 4. The van der Waals surface area contributed by atoms with Gasteiger partial charge in [-0.1, -0.05) is 28.1 Å². The second kappa shape index (κ2) is 7.51. The molecule has 0 aliphatic carbocycles. The van der Waals surface area contributed by atoms with E-state index in [9.17, 15) is 8.42 Å². The molecular formula is C14H17BrN2O2S2. The molecule has 0 bridgehead atoms. The number of sulfonamides is 1. The molecule has 0 atom stereocenters. The Morgan fingerprint density at radius 1 is 1.24 bits per heavy atom. The Morgan fingerprint density at radius 2 is 2.05 bits per heavy atom. The molecule has 0 spiro atoms. The zero-order valence-corrected chi connectivity index (χ0v) is 14.8. The summed E-state index contributed by atoms with van der Waals surface area (Å²) >= 11 is 4.69. The van der Waals surface area contributed by atoms with Crippen molar-refractivity contribution in [1.82, 2.24) is 10.0 Å². The van der Waals surface area contributed by atoms with Crippen LogP contribution in [0.15, 0.2) is 45.1 Å². The zero-order chi connectivity index (χ0) is 15.3. The molecule has 0 fully saturated rings. The Morgan fingerprint density at radius 3 is 2.76 bits per heavy atom. The van der Waals surface area contributed by atoms with Crippen molar-refractivity contribution in [3.05, 3.63) is 51.3 Å². The Hall–Kier alpha value is -0.730. The van der Waals surface area contributed by atoms with E-state index in [1.54, 1.807) is 6.07 Å². The molecule has 1 aromatic heterocycles. The largest absolute Gasteiger partial charge is 0.319 e. The van der Waals surface area contributed by atoms with Crippen LogP contribution in [0.1, 0.15) is 10.4 Å². The van der Waals surface area contributed by atoms with Crippen molar-refractivity contribution < 1.29 is 8.42 Å². The van der Waals surface area contributed by atoms with Crippen LogP contribution >= 0.6 is 27.3 Å². The van der Waals surface area contributed by atoms with Gasteiger partial charge < -0.3 is 5.32 Å². The summed E-state index contributed by atoms with van der Waals surface area (Å²) in [4.78, 5) is 1.06. The fourth-order valence-corrected chi connectivity index (χ4v) is 4.65. The quantitative estimate of drug-likeness (QED) is 0.766. The van der Waals surface area contributed by atoms with Gasteiger partial charge in [-0.15, -0.1) is 11.3 Å². The third kappa shape index (κ3) is 4.89. The second-order valence-electron chi connectivity index (χ2n) is 4.53. The minimum atomic E-state index is -3.44. The molecule has 0 aliphatic heterocycles. The maximum Gasteiger partial charge on any atom is 0.250 e. The highest BCUT2D eigenvalue weighted by molar-refractivity contribution is 9.10. The van der Waals surface area contributed by atoms with Crippen LogP contribution in [0.5, 0.6) is 0 Å². The molecule has 114 valence electrons. The van der Waals surface area contributed by atoms with Gasteiger partial charge in [0, 0.05) is 15.9 Å². The van der Waals surface area contributed by atoms with E-state index in [0.29, 0.717) is 4.21 Å². The maximum absolute atomic E-state index is 12.2. The third-order valence-corrected chi connectivity index (χ3v) is 6.41. The van der Waals surface area contributed by atoms with Gasteiger partial charge in [0.15, 0.2) is 0 Å². The van der Waals surface area contributed by atoms with Gasteiger partial charge in [0.25, 0.3) is 0 Å². The van der Waals surface area contributed by atoms with Crippen molar-refractivity contribution >= 4 is 37.3 Å². The van der Waals surface area contributed by atoms with Gasteiger partial charge in [0.1, 0.15) is 4.21 Å². The maximum atomic E-state index is 12.2. The monoisotopic (exact) mass is 388 g/mol. The lowest BCUT2D eigenvalue weighted by Gasteiger charge is -2.05. The minimum Gasteiger partial charge on any atom is -0.319 e. The molecular weight excluding hydrogens is 372 g/mol. The van der Waals surface area contributed by atoms with Crippen LogP contribution in [-0.4, -0.2) is 22.0 Å². The highest BCUT2D eigenvalue weighted by Crippen LogP contribution is 2.22. The smallest absolute Gasteiger partial charge is 0.250 e. The predicted molar refractivity (Wildman–Crippen MR) is 90.1 cm³/mol. The van der Waals surface area contributed by atoms with Gasteiger partial charge in [-0.05, 0) is 49.8 Å². The van der Waals surface area contributed by atoms with Crippen LogP contribution in [0.4, 0.5) is 0 Å². The Kier molecular flexibility index (Phi) is 5.95. The SMILES string of the molecule is CNCCc1ccc(S(=O)(=O)NCc2cccc(Br)c2)s1. The van der Waals surface area contributed by atoms with Crippen LogP contribution in [-0.2, 0) is 23.0 Å². The molecule has 0 unspecified atom stereocenters. The van der Waals surface area contributed by atoms with Gasteiger partial charge >= 0.3 is 0 Å². The first kappa shape index (κ1) is 16.6. The number of halogens is 1. The van der Waals surface area contributed by atoms with Crippen molar-refractivity contribution in [1.29, 1.82) is 0 Å². The van der Waals surface area contributed by atoms with Gasteiger partial charge in [-0.25, -0.2) is 13.1 Å². The summed E-state index contributed by atoms with van der Waals surface area (Å²) in [5, 5.41) is 3.05. The number of benzene rings is 1. The average molecular weight is 389 g/mol. The molecule has 0 amide bonds. The fourth-order valence-electron chi connectivity index (χ4n) is 1.78. The summed E-state index contributed by atoms with van der Waals surface area (Å²) in [6.45, 7) is 1.12. The number of likely N-dealkylation sites (N-methyl/N-ethyl adjacent to an activating group) is 1. The van der Waals surface area contributed by atoms with Gasteiger partial charge in [0.2, 0.25) is 10.0 Å². The van der Waals surface area contributed by atoms with E-state index in [1.807, 2.05) is 37.4 Å². The van der Waals surface area contributed by atoms with Crippen molar-refractivity contribution in [3.63, 3.8) is 0 Å². The lowest BCUT2D eigenvalue weighted by Crippen LogP contribution is -2.22. The standard InChI is InChI=1S/C14H17BrN2O2S2/c1-16-8-7-13-5-6-14(20-13)21(18,19)17-10-11-3-2-4-12(15)9-11/h2-6,9,16-17H,7-8,10H2,1H3. The van der Waals surface area contributed by atoms with Crippen LogP contribution < -0.4 is 10.0 Å². The summed E-state index contributed by atoms with van der Waals surface area (Å²) in [6, 6.07) is 11.1. The molecule has 4 nitrogen and oxygen atoms in total. The molecule has 2 N–H and O–H groups in total. The van der Waals surface area contributed by atoms with E-state index in [4.69, 9.17) is 0 Å². The molecule has 7 heteroatoms. The molecule has 0 radical (unpaired) electrons. The Labute approximate surface area is 137 Å². The average Bonchev–Trinajstić information content (AvgIpc) is 2.93. The molecule has 0 saturated heterocycles. The first-order chi connectivity index (χ1) is 10.0. The first-order valence-corrected chi connectivity index (χ1v) is 9.58. The van der Waals surface area contributed by atoms with E-state index < -0.39 is 10.0 Å². The topological polar surface area (TPSA) is 58.2 Å². The van der Waals surface area contributed by atoms with Crippen molar-refractivity contribution in [3.8, 4) is 0 Å². The summed E-state index contributed by atoms with van der Waals surface area (Å²) in [5.41, 5.74) is 0.917. The number of rotatable bonds is 7. The first-order valence-electron chi connectivity index (χ1n) is 6.49. The van der Waals surface area contributed by atoms with E-state index in [-0.39, 0.29) is 6.54 Å². The zero-order valence-electron chi connectivity index (χ0n) is 11.6. The number of nitrogens with one attached hydrogen (secondary N) is 2. The molecule has 2 rings (SSSR count). The van der Waals surface area contributed by atoms with Crippen LogP contribution in [0.2, 0.25) is 0 Å². The molecule has 2 aromatic rings. The van der Waals surface area contributed by atoms with Crippen molar-refractivity contribution in [2.45, 2.75) is 17.2 Å². The van der Waals surface area contributed by atoms with Gasteiger partial charge in [-0.2, -0.15) is 0 Å². The Bertz CT molecular complexity index is 699. The highest BCUT2D eigenvalue weighted by atomic mass is 79.9. The van der Waals surface area contributed by atoms with Gasteiger partial charge in [0.05, 0.1) is 0 Å². The number of thiophene rings is 1. The molecule has 1 heterocycles. The molecule has 0 saturated carbocycles. The molecule has 1 aromatic carbocycles. The Balaban J connectivity index is 2.02. The van der Waals surface area contributed by atoms with E-state index in [1.165, 1.54) is 11.3 Å².